The van der Waals surface area contributed by atoms with E-state index in [9.17, 15) is 13.2 Å². The smallest absolute Gasteiger partial charge is 0.236 e. The van der Waals surface area contributed by atoms with E-state index in [0.717, 1.165) is 5.56 Å². The second kappa shape index (κ2) is 7.55. The molecule has 1 aromatic carbocycles. The molecule has 0 spiro atoms. The number of benzene rings is 1. The Balaban J connectivity index is 1.89. The summed E-state index contributed by atoms with van der Waals surface area (Å²) in [4.78, 5) is 17.4. The lowest BCUT2D eigenvalue weighted by Gasteiger charge is -2.40. The fraction of sp³-hybridized carbons (Fsp3) is 0.368. The Labute approximate surface area is 154 Å². The van der Waals surface area contributed by atoms with E-state index in [1.807, 2.05) is 36.4 Å². The number of anilines is 1. The van der Waals surface area contributed by atoms with E-state index in [4.69, 9.17) is 0 Å². The van der Waals surface area contributed by atoms with E-state index >= 15 is 0 Å². The maximum atomic E-state index is 13.2. The molecule has 7 heteroatoms. The molecule has 2 aromatic rings. The van der Waals surface area contributed by atoms with Crippen LogP contribution in [0.4, 0.5) is 5.82 Å². The van der Waals surface area contributed by atoms with Crippen molar-refractivity contribution in [3.8, 4) is 0 Å². The first-order chi connectivity index (χ1) is 12.5. The van der Waals surface area contributed by atoms with Gasteiger partial charge in [-0.3, -0.25) is 4.79 Å². The molecule has 1 fully saturated rings. The summed E-state index contributed by atoms with van der Waals surface area (Å²) in [6, 6.07) is 14.9. The van der Waals surface area contributed by atoms with Crippen LogP contribution in [0.2, 0.25) is 0 Å². The summed E-state index contributed by atoms with van der Waals surface area (Å²) in [5, 5.41) is 2.90. The average molecular weight is 373 g/mol. The summed E-state index contributed by atoms with van der Waals surface area (Å²) in [5.74, 6) is 0.429. The number of nitrogens with one attached hydrogen (secondary N) is 1. The van der Waals surface area contributed by atoms with Crippen molar-refractivity contribution in [2.24, 2.45) is 0 Å². The topological polar surface area (TPSA) is 79.4 Å². The van der Waals surface area contributed by atoms with Gasteiger partial charge in [0.1, 0.15) is 5.82 Å². The number of aromatic nitrogens is 1. The molecule has 1 N–H and O–H groups in total. The Bertz CT molecular complexity index is 846. The van der Waals surface area contributed by atoms with Crippen molar-refractivity contribution in [1.82, 2.24) is 9.29 Å². The van der Waals surface area contributed by atoms with Gasteiger partial charge in [0.15, 0.2) is 0 Å². The summed E-state index contributed by atoms with van der Waals surface area (Å²) in [6.07, 6.45) is 2.51. The van der Waals surface area contributed by atoms with E-state index in [2.05, 4.69) is 10.3 Å². The first-order valence-electron chi connectivity index (χ1n) is 8.74. The van der Waals surface area contributed by atoms with Crippen molar-refractivity contribution in [2.45, 2.75) is 25.2 Å². The van der Waals surface area contributed by atoms with Crippen LogP contribution in [0, 0.1) is 0 Å². The van der Waals surface area contributed by atoms with E-state index in [1.54, 1.807) is 25.3 Å². The van der Waals surface area contributed by atoms with Crippen LogP contribution in [0.15, 0.2) is 54.7 Å². The third-order valence-corrected chi connectivity index (χ3v) is 6.88. The fourth-order valence-electron chi connectivity index (χ4n) is 3.41. The largest absolute Gasteiger partial charge is 0.310 e. The Kier molecular flexibility index (Phi) is 5.38. The highest BCUT2D eigenvalue weighted by atomic mass is 32.2. The molecule has 1 saturated heterocycles. The third kappa shape index (κ3) is 3.64. The second-order valence-corrected chi connectivity index (χ2v) is 8.67. The van der Waals surface area contributed by atoms with E-state index < -0.39 is 15.4 Å². The predicted octanol–water partition coefficient (Wildman–Crippen LogP) is 2.40. The van der Waals surface area contributed by atoms with Crippen LogP contribution in [0.25, 0.3) is 0 Å². The Morgan fingerprint density at radius 2 is 1.77 bits per heavy atom. The highest BCUT2D eigenvalue weighted by Crippen LogP contribution is 2.37. The number of hydrogen-bond donors (Lipinski definition) is 1. The number of amides is 1. The summed E-state index contributed by atoms with van der Waals surface area (Å²) >= 11 is 0. The minimum absolute atomic E-state index is 0.0749. The summed E-state index contributed by atoms with van der Waals surface area (Å²) in [5.41, 5.74) is 0.139. The molecular weight excluding hydrogens is 350 g/mol. The van der Waals surface area contributed by atoms with E-state index in [0.29, 0.717) is 31.7 Å². The molecule has 1 aromatic heterocycles. The molecule has 0 unspecified atom stereocenters. The molecule has 26 heavy (non-hydrogen) atoms. The number of piperidine rings is 1. The molecule has 0 radical (unpaired) electrons. The van der Waals surface area contributed by atoms with Gasteiger partial charge in [-0.25, -0.2) is 17.7 Å². The zero-order valence-corrected chi connectivity index (χ0v) is 15.6. The molecule has 0 aliphatic carbocycles. The van der Waals surface area contributed by atoms with Gasteiger partial charge in [-0.1, -0.05) is 36.4 Å². The number of pyridine rings is 1. The Hall–Kier alpha value is -2.25. The second-order valence-electron chi connectivity index (χ2n) is 6.42. The number of nitrogens with zero attached hydrogens (tertiary/aromatic N) is 2. The Morgan fingerprint density at radius 3 is 2.35 bits per heavy atom. The molecule has 6 nitrogen and oxygen atoms in total. The van der Waals surface area contributed by atoms with E-state index in [1.165, 1.54) is 4.31 Å². The minimum Gasteiger partial charge on any atom is -0.310 e. The summed E-state index contributed by atoms with van der Waals surface area (Å²) in [7, 11) is -3.25. The van der Waals surface area contributed by atoms with Crippen LogP contribution < -0.4 is 5.32 Å². The highest BCUT2D eigenvalue weighted by molar-refractivity contribution is 7.89. The van der Waals surface area contributed by atoms with Crippen molar-refractivity contribution >= 4 is 21.7 Å². The zero-order chi connectivity index (χ0) is 18.6. The van der Waals surface area contributed by atoms with Gasteiger partial charge < -0.3 is 5.32 Å². The molecule has 2 heterocycles. The van der Waals surface area contributed by atoms with Crippen LogP contribution in [0.1, 0.15) is 25.3 Å². The normalized spacial score (nSPS) is 17.6. The van der Waals surface area contributed by atoms with Crippen molar-refractivity contribution in [3.05, 3.63) is 60.3 Å². The van der Waals surface area contributed by atoms with Crippen LogP contribution in [-0.2, 0) is 20.2 Å². The van der Waals surface area contributed by atoms with Gasteiger partial charge in [-0.05, 0) is 37.5 Å². The minimum atomic E-state index is -3.25. The van der Waals surface area contributed by atoms with Crippen LogP contribution in [-0.4, -0.2) is 42.5 Å². The quantitative estimate of drug-likeness (QED) is 0.873. The van der Waals surface area contributed by atoms with Crippen molar-refractivity contribution in [2.75, 3.05) is 24.2 Å². The number of carbonyl (C=O) groups excluding carboxylic acids is 1. The monoisotopic (exact) mass is 373 g/mol. The molecule has 1 aliphatic rings. The Morgan fingerprint density at radius 1 is 1.12 bits per heavy atom. The molecular formula is C19H23N3O3S. The van der Waals surface area contributed by atoms with Crippen LogP contribution in [0.5, 0.6) is 0 Å². The van der Waals surface area contributed by atoms with Gasteiger partial charge >= 0.3 is 0 Å². The molecule has 0 atom stereocenters. The third-order valence-electron chi connectivity index (χ3n) is 5.00. The summed E-state index contributed by atoms with van der Waals surface area (Å²) < 4.78 is 25.8. The molecule has 0 saturated carbocycles. The SMILES string of the molecule is CCS(=O)(=O)N1CCC(C(=O)Nc2ccccn2)(c2ccccc2)CC1. The van der Waals surface area contributed by atoms with Crippen molar-refractivity contribution in [3.63, 3.8) is 0 Å². The lowest BCUT2D eigenvalue weighted by atomic mass is 9.72. The van der Waals surface area contributed by atoms with Crippen LogP contribution in [0.3, 0.4) is 0 Å². The van der Waals surface area contributed by atoms with Crippen molar-refractivity contribution < 1.29 is 13.2 Å². The lowest BCUT2D eigenvalue weighted by molar-refractivity contribution is -0.123. The van der Waals surface area contributed by atoms with Gasteiger partial charge in [0.05, 0.1) is 11.2 Å². The van der Waals surface area contributed by atoms with Gasteiger partial charge in [0, 0.05) is 19.3 Å². The number of sulfonamides is 1. The number of rotatable bonds is 5. The summed E-state index contributed by atoms with van der Waals surface area (Å²) in [6.45, 7) is 2.31. The van der Waals surface area contributed by atoms with E-state index in [-0.39, 0.29) is 11.7 Å². The van der Waals surface area contributed by atoms with Gasteiger partial charge in [-0.15, -0.1) is 0 Å². The standard InChI is InChI=1S/C19H23N3O3S/c1-2-26(24,25)22-14-11-19(12-15-22,16-8-4-3-5-9-16)18(23)21-17-10-6-7-13-20-17/h3-10,13H,2,11-12,14-15H2,1H3,(H,20,21,23). The zero-order valence-electron chi connectivity index (χ0n) is 14.8. The highest BCUT2D eigenvalue weighted by Gasteiger charge is 2.44. The molecule has 3 rings (SSSR count). The number of hydrogen-bond acceptors (Lipinski definition) is 4. The van der Waals surface area contributed by atoms with Crippen LogP contribution >= 0.6 is 0 Å². The molecule has 1 amide bonds. The lowest BCUT2D eigenvalue weighted by Crippen LogP contribution is -2.51. The van der Waals surface area contributed by atoms with Gasteiger partial charge in [0.2, 0.25) is 15.9 Å². The van der Waals surface area contributed by atoms with Crippen molar-refractivity contribution in [1.29, 1.82) is 0 Å². The average Bonchev–Trinajstić information content (AvgIpc) is 2.69. The first-order valence-corrected chi connectivity index (χ1v) is 10.3. The molecule has 1 aliphatic heterocycles. The predicted molar refractivity (Wildman–Crippen MR) is 101 cm³/mol. The van der Waals surface area contributed by atoms with Gasteiger partial charge in [-0.2, -0.15) is 0 Å². The maximum Gasteiger partial charge on any atom is 0.236 e. The number of carbonyl (C=O) groups is 1. The fourth-order valence-corrected chi connectivity index (χ4v) is 4.51. The maximum absolute atomic E-state index is 13.2. The molecule has 138 valence electrons. The molecule has 0 bridgehead atoms. The van der Waals surface area contributed by atoms with Gasteiger partial charge in [0.25, 0.3) is 0 Å². The first kappa shape index (κ1) is 18.5.